The highest BCUT2D eigenvalue weighted by Gasteiger charge is 2.27. The highest BCUT2D eigenvalue weighted by molar-refractivity contribution is 6.01. The molecule has 1 amide bonds. The second-order valence-corrected chi connectivity index (χ2v) is 9.01. The number of carboxylic acid groups (broad SMARTS) is 2. The fraction of sp³-hybridized carbons (Fsp3) is 0.222. The molecular formula is C27H23N3O6. The van der Waals surface area contributed by atoms with Crippen LogP contribution in [0.2, 0.25) is 0 Å². The van der Waals surface area contributed by atoms with E-state index in [0.717, 1.165) is 11.1 Å². The van der Waals surface area contributed by atoms with E-state index in [2.05, 4.69) is 10.3 Å². The molecule has 1 saturated carbocycles. The predicted octanol–water partition coefficient (Wildman–Crippen LogP) is 3.59. The van der Waals surface area contributed by atoms with E-state index in [-0.39, 0.29) is 40.2 Å². The van der Waals surface area contributed by atoms with E-state index in [9.17, 15) is 24.3 Å². The third-order valence-electron chi connectivity index (χ3n) is 6.76. The fourth-order valence-corrected chi connectivity index (χ4v) is 4.74. The zero-order valence-electron chi connectivity index (χ0n) is 19.2. The summed E-state index contributed by atoms with van der Waals surface area (Å²) in [5.74, 6) is -2.54. The van der Waals surface area contributed by atoms with Crippen molar-refractivity contribution in [2.75, 3.05) is 0 Å². The first-order chi connectivity index (χ1) is 17.3. The minimum absolute atomic E-state index is 0.129. The Morgan fingerprint density at radius 3 is 2.28 bits per heavy atom. The fourth-order valence-electron chi connectivity index (χ4n) is 4.74. The molecule has 2 aromatic carbocycles. The second-order valence-electron chi connectivity index (χ2n) is 9.01. The van der Waals surface area contributed by atoms with Crippen molar-refractivity contribution in [2.45, 2.75) is 31.7 Å². The summed E-state index contributed by atoms with van der Waals surface area (Å²) in [5, 5.41) is 21.6. The molecule has 0 spiro atoms. The van der Waals surface area contributed by atoms with Crippen molar-refractivity contribution in [1.82, 2.24) is 14.7 Å². The number of fused-ring (bicyclic) bond motifs is 2. The quantitative estimate of drug-likeness (QED) is 0.367. The smallest absolute Gasteiger partial charge is 0.335 e. The van der Waals surface area contributed by atoms with Crippen LogP contribution in [0.25, 0.3) is 27.7 Å². The molecule has 0 aliphatic heterocycles. The number of benzene rings is 2. The Kier molecular flexibility index (Phi) is 5.97. The molecule has 9 nitrogen and oxygen atoms in total. The third-order valence-corrected chi connectivity index (χ3v) is 6.76. The molecule has 2 aromatic heterocycles. The Hall–Kier alpha value is -4.53. The van der Waals surface area contributed by atoms with Gasteiger partial charge in [-0.3, -0.25) is 18.8 Å². The summed E-state index contributed by atoms with van der Waals surface area (Å²) < 4.78 is 1.34. The van der Waals surface area contributed by atoms with Gasteiger partial charge in [0.2, 0.25) is 0 Å². The first-order valence-electron chi connectivity index (χ1n) is 11.6. The number of nitrogens with one attached hydrogen (secondary N) is 1. The molecule has 182 valence electrons. The number of aromatic carboxylic acids is 1. The molecule has 4 aromatic rings. The lowest BCUT2D eigenvalue weighted by Crippen LogP contribution is -2.39. The van der Waals surface area contributed by atoms with E-state index in [1.54, 1.807) is 48.7 Å². The molecule has 9 heteroatoms. The lowest BCUT2D eigenvalue weighted by atomic mass is 9.86. The number of carboxylic acids is 2. The average Bonchev–Trinajstić information content (AvgIpc) is 2.88. The topological polar surface area (TPSA) is 138 Å². The molecular weight excluding hydrogens is 462 g/mol. The Morgan fingerprint density at radius 2 is 1.61 bits per heavy atom. The van der Waals surface area contributed by atoms with E-state index in [1.807, 2.05) is 0 Å². The number of amides is 1. The summed E-state index contributed by atoms with van der Waals surface area (Å²) in [7, 11) is 0. The summed E-state index contributed by atoms with van der Waals surface area (Å²) in [6.45, 7) is 0. The molecule has 0 atom stereocenters. The number of pyridine rings is 1. The zero-order chi connectivity index (χ0) is 25.4. The van der Waals surface area contributed by atoms with Crippen LogP contribution in [0.15, 0.2) is 65.6 Å². The van der Waals surface area contributed by atoms with Crippen molar-refractivity contribution >= 4 is 34.4 Å². The maximum absolute atomic E-state index is 13.3. The van der Waals surface area contributed by atoms with Gasteiger partial charge in [0.05, 0.1) is 27.9 Å². The van der Waals surface area contributed by atoms with Crippen molar-refractivity contribution in [3.05, 3.63) is 82.3 Å². The van der Waals surface area contributed by atoms with E-state index < -0.39 is 11.9 Å². The summed E-state index contributed by atoms with van der Waals surface area (Å²) in [4.78, 5) is 53.3. The van der Waals surface area contributed by atoms with E-state index >= 15 is 0 Å². The molecule has 1 fully saturated rings. The second kappa shape index (κ2) is 9.26. The van der Waals surface area contributed by atoms with Crippen LogP contribution in [0.4, 0.5) is 0 Å². The van der Waals surface area contributed by atoms with Gasteiger partial charge in [-0.25, -0.2) is 9.78 Å². The number of aromatic nitrogens is 2. The first-order valence-corrected chi connectivity index (χ1v) is 11.6. The monoisotopic (exact) mass is 485 g/mol. The van der Waals surface area contributed by atoms with Crippen LogP contribution in [-0.4, -0.2) is 43.5 Å². The van der Waals surface area contributed by atoms with Crippen LogP contribution in [0.5, 0.6) is 0 Å². The van der Waals surface area contributed by atoms with E-state index in [4.69, 9.17) is 5.11 Å². The van der Waals surface area contributed by atoms with E-state index in [1.165, 1.54) is 16.5 Å². The highest BCUT2D eigenvalue weighted by atomic mass is 16.4. The Balaban J connectivity index is 1.47. The number of carbonyl (C=O) groups excluding carboxylic acids is 1. The maximum Gasteiger partial charge on any atom is 0.335 e. The molecule has 0 radical (unpaired) electrons. The Bertz CT molecular complexity index is 1570. The summed E-state index contributed by atoms with van der Waals surface area (Å²) in [6.07, 6.45) is 3.76. The van der Waals surface area contributed by atoms with Crippen molar-refractivity contribution in [3.8, 4) is 11.1 Å². The molecule has 36 heavy (non-hydrogen) atoms. The number of rotatable bonds is 5. The highest BCUT2D eigenvalue weighted by Crippen LogP contribution is 2.26. The molecule has 2 heterocycles. The van der Waals surface area contributed by atoms with Gasteiger partial charge in [-0.05, 0) is 73.2 Å². The average molecular weight is 485 g/mol. The van der Waals surface area contributed by atoms with Gasteiger partial charge >= 0.3 is 11.9 Å². The number of hydrogen-bond acceptors (Lipinski definition) is 5. The largest absolute Gasteiger partial charge is 0.481 e. The van der Waals surface area contributed by atoms with Crippen LogP contribution < -0.4 is 10.9 Å². The number of hydrogen-bond donors (Lipinski definition) is 3. The van der Waals surface area contributed by atoms with Gasteiger partial charge in [0.1, 0.15) is 0 Å². The molecule has 3 N–H and O–H groups in total. The molecule has 0 saturated heterocycles. The third kappa shape index (κ3) is 4.31. The number of nitrogens with zero attached hydrogens (tertiary/aromatic N) is 2. The van der Waals surface area contributed by atoms with Crippen LogP contribution in [0.1, 0.15) is 46.4 Å². The number of carbonyl (C=O) groups is 3. The van der Waals surface area contributed by atoms with Crippen LogP contribution in [-0.2, 0) is 4.79 Å². The normalized spacial score (nSPS) is 17.7. The summed E-state index contributed by atoms with van der Waals surface area (Å²) in [5.41, 5.74) is 2.30. The zero-order valence-corrected chi connectivity index (χ0v) is 19.2. The Labute approximate surface area is 205 Å². The Morgan fingerprint density at radius 1 is 0.917 bits per heavy atom. The van der Waals surface area contributed by atoms with Gasteiger partial charge in [0.15, 0.2) is 5.65 Å². The van der Waals surface area contributed by atoms with Crippen molar-refractivity contribution in [1.29, 1.82) is 0 Å². The van der Waals surface area contributed by atoms with Crippen LogP contribution in [0.3, 0.4) is 0 Å². The molecule has 1 aliphatic carbocycles. The minimum Gasteiger partial charge on any atom is -0.481 e. The van der Waals surface area contributed by atoms with Crippen LogP contribution in [0, 0.1) is 5.92 Å². The predicted molar refractivity (Wildman–Crippen MR) is 132 cm³/mol. The van der Waals surface area contributed by atoms with Gasteiger partial charge in [-0.15, -0.1) is 0 Å². The van der Waals surface area contributed by atoms with Gasteiger partial charge in [0, 0.05) is 12.2 Å². The van der Waals surface area contributed by atoms with Gasteiger partial charge < -0.3 is 15.5 Å². The SMILES string of the molecule is O=C(O)c1ccc(-c2ccc3nc4c(C(=O)N[C@H]5CC[C@@H](C(=O)O)CC5)cccn4c(=O)c3c2)cc1. The lowest BCUT2D eigenvalue weighted by molar-refractivity contribution is -0.142. The summed E-state index contributed by atoms with van der Waals surface area (Å²) in [6, 6.07) is 14.7. The first kappa shape index (κ1) is 23.2. The van der Waals surface area contributed by atoms with Crippen LogP contribution >= 0.6 is 0 Å². The van der Waals surface area contributed by atoms with Crippen molar-refractivity contribution in [3.63, 3.8) is 0 Å². The summed E-state index contributed by atoms with van der Waals surface area (Å²) >= 11 is 0. The van der Waals surface area contributed by atoms with Gasteiger partial charge in [-0.2, -0.15) is 0 Å². The molecule has 0 bridgehead atoms. The minimum atomic E-state index is -1.01. The van der Waals surface area contributed by atoms with Crippen molar-refractivity contribution < 1.29 is 24.6 Å². The lowest BCUT2D eigenvalue weighted by Gasteiger charge is -2.26. The molecule has 1 aliphatic rings. The van der Waals surface area contributed by atoms with E-state index in [0.29, 0.717) is 36.6 Å². The number of aliphatic carboxylic acids is 1. The van der Waals surface area contributed by atoms with Gasteiger partial charge in [0.25, 0.3) is 11.5 Å². The maximum atomic E-state index is 13.3. The molecule has 5 rings (SSSR count). The van der Waals surface area contributed by atoms with Crippen molar-refractivity contribution in [2.24, 2.45) is 5.92 Å². The van der Waals surface area contributed by atoms with Gasteiger partial charge in [-0.1, -0.05) is 18.2 Å². The standard InChI is InChI=1S/C27H23N3O6/c31-24(28-19-10-7-17(8-11-19)27(35)36)20-2-1-13-30-23(20)29-22-12-9-18(14-21(22)25(30)32)15-3-5-16(6-4-15)26(33)34/h1-6,9,12-14,17,19H,7-8,10-11H2,(H,28,31)(H,33,34)(H,35,36)/t17-,19+. The molecule has 0 unspecified atom stereocenters.